The molecule has 0 aromatic heterocycles. The number of rotatable bonds is 4. The van der Waals surface area contributed by atoms with E-state index in [4.69, 9.17) is 0 Å². The molecule has 0 radical (unpaired) electrons. The number of alkyl halides is 5. The van der Waals surface area contributed by atoms with Crippen LogP contribution in [0.4, 0.5) is 30.9 Å². The minimum atomic E-state index is -5.54. The molecule has 0 heterocycles. The highest BCUT2D eigenvalue weighted by Gasteiger charge is 2.59. The fraction of sp³-hybridized carbons (Fsp3) is 0.600. The van der Waals surface area contributed by atoms with Crippen molar-refractivity contribution < 1.29 is 30.9 Å². The topological polar surface area (TPSA) is 3.24 Å². The molecule has 0 spiro atoms. The first-order valence-corrected chi connectivity index (χ1v) is 2.81. The normalized spacial score (nSPS) is 16.0. The summed E-state index contributed by atoms with van der Waals surface area (Å²) in [7, 11) is 0. The van der Waals surface area contributed by atoms with Crippen LogP contribution >= 0.6 is 0 Å². The molecule has 1 atom stereocenters. The van der Waals surface area contributed by atoms with E-state index >= 15 is 0 Å². The summed E-state index contributed by atoms with van der Waals surface area (Å²) in [5, 5.41) is -2.91. The first-order valence-electron chi connectivity index (χ1n) is 2.81. The van der Waals surface area contributed by atoms with Gasteiger partial charge in [-0.15, -0.1) is 0 Å². The first-order chi connectivity index (χ1) is 5.66. The molecule has 78 valence electrons. The molecule has 0 aliphatic carbocycles. The average molecular weight is 211 g/mol. The van der Waals surface area contributed by atoms with Crippen molar-refractivity contribution in [2.45, 2.75) is 18.1 Å². The maximum absolute atomic E-state index is 12.1. The maximum Gasteiger partial charge on any atom is 0.394 e. The Balaban J connectivity index is 4.77. The Kier molecular flexibility index (Phi) is 3.31. The summed E-state index contributed by atoms with van der Waals surface area (Å²) >= 11 is 0. The molecule has 0 aromatic carbocycles. The van der Waals surface area contributed by atoms with Gasteiger partial charge in [-0.25, -0.2) is 4.39 Å². The Bertz CT molecular complexity index is 189. The zero-order chi connectivity index (χ0) is 10.9. The van der Waals surface area contributed by atoms with E-state index in [-0.39, 0.29) is 0 Å². The van der Waals surface area contributed by atoms with Crippen molar-refractivity contribution in [3.05, 3.63) is 12.7 Å². The van der Waals surface area contributed by atoms with Crippen LogP contribution in [0.2, 0.25) is 0 Å². The zero-order valence-electron chi connectivity index (χ0n) is 5.95. The molecule has 0 fully saturated rings. The van der Waals surface area contributed by atoms with Crippen molar-refractivity contribution >= 4 is 0 Å². The summed E-state index contributed by atoms with van der Waals surface area (Å²) < 4.78 is 82.5. The maximum atomic E-state index is 12.1. The van der Waals surface area contributed by atoms with Gasteiger partial charge < -0.3 is 0 Å². The molecule has 1 unspecified atom stereocenters. The Morgan fingerprint density at radius 2 is 1.54 bits per heavy atom. The van der Waals surface area contributed by atoms with Crippen molar-refractivity contribution in [2.75, 3.05) is 0 Å². The van der Waals surface area contributed by atoms with E-state index in [0.717, 1.165) is 0 Å². The van der Waals surface area contributed by atoms with Gasteiger partial charge in [0.05, 0.1) is 5.34 Å². The third-order valence-corrected chi connectivity index (χ3v) is 1.14. The number of halogens is 7. The van der Waals surface area contributed by atoms with Crippen molar-refractivity contribution in [2.24, 2.45) is 0 Å². The zero-order valence-corrected chi connectivity index (χ0v) is 5.95. The van der Waals surface area contributed by atoms with Crippen LogP contribution in [-0.2, 0) is 0 Å². The predicted molar refractivity (Wildman–Crippen MR) is 29.0 cm³/mol. The lowest BCUT2D eigenvalue weighted by molar-refractivity contribution is -0.367. The van der Waals surface area contributed by atoms with Crippen LogP contribution in [0, 0.1) is 0 Å². The van der Waals surface area contributed by atoms with Crippen LogP contribution in [-0.4, -0.2) is 23.5 Å². The Labute approximate surface area is 68.3 Å². The second kappa shape index (κ2) is 3.52. The largest absolute Gasteiger partial charge is 0.394 e. The molecular formula is C5H4F7N. The van der Waals surface area contributed by atoms with E-state index in [1.54, 1.807) is 0 Å². The van der Waals surface area contributed by atoms with Gasteiger partial charge in [-0.2, -0.15) is 17.6 Å². The molecule has 8 heteroatoms. The van der Waals surface area contributed by atoms with Gasteiger partial charge in [-0.3, -0.25) is 0 Å². The summed E-state index contributed by atoms with van der Waals surface area (Å²) in [6.45, 7) is 2.34. The number of allylic oxidation sites excluding steroid dienone is 1. The van der Waals surface area contributed by atoms with E-state index in [2.05, 4.69) is 6.58 Å². The van der Waals surface area contributed by atoms with Crippen molar-refractivity contribution in [3.63, 3.8) is 0 Å². The molecule has 0 aromatic rings. The van der Waals surface area contributed by atoms with Crippen molar-refractivity contribution in [3.8, 4) is 0 Å². The smallest absolute Gasteiger partial charge is 0.232 e. The second-order valence-corrected chi connectivity index (χ2v) is 2.06. The standard InChI is InChI=1S/C5H4F7N/c1-2-4(7,8)3(6)5(9,10)13(11)12/h2-3H,1H2. The molecule has 0 rings (SSSR count). The first kappa shape index (κ1) is 12.2. The van der Waals surface area contributed by atoms with Gasteiger partial charge in [0.15, 0.2) is 0 Å². The monoisotopic (exact) mass is 211 g/mol. The molecule has 1 nitrogen and oxygen atoms in total. The minimum absolute atomic E-state index is 0.463. The van der Waals surface area contributed by atoms with Crippen molar-refractivity contribution in [1.29, 1.82) is 0 Å². The van der Waals surface area contributed by atoms with E-state index in [9.17, 15) is 30.9 Å². The van der Waals surface area contributed by atoms with Gasteiger partial charge in [0, 0.05) is 0 Å². The highest BCUT2D eigenvalue weighted by molar-refractivity contribution is 4.97. The van der Waals surface area contributed by atoms with Gasteiger partial charge in [0.1, 0.15) is 0 Å². The van der Waals surface area contributed by atoms with Crippen LogP contribution in [0.3, 0.4) is 0 Å². The quantitative estimate of drug-likeness (QED) is 0.299. The third-order valence-electron chi connectivity index (χ3n) is 1.14. The Hall–Kier alpha value is -0.790. The van der Waals surface area contributed by atoms with Gasteiger partial charge in [0.2, 0.25) is 6.17 Å². The molecule has 0 aliphatic rings. The van der Waals surface area contributed by atoms with E-state index < -0.39 is 29.6 Å². The molecule has 0 saturated carbocycles. The number of hydrogen-bond acceptors (Lipinski definition) is 1. The third kappa shape index (κ3) is 2.33. The molecular weight excluding hydrogens is 207 g/mol. The molecule has 0 N–H and O–H groups in total. The fourth-order valence-electron chi connectivity index (χ4n) is 0.421. The van der Waals surface area contributed by atoms with Gasteiger partial charge in [-0.1, -0.05) is 15.5 Å². The lowest BCUT2D eigenvalue weighted by Crippen LogP contribution is -2.48. The summed E-state index contributed by atoms with van der Waals surface area (Å²) in [6, 6.07) is -5.54. The molecule has 0 bridgehead atoms. The van der Waals surface area contributed by atoms with Crippen LogP contribution in [0.15, 0.2) is 12.7 Å². The van der Waals surface area contributed by atoms with Crippen LogP contribution < -0.4 is 0 Å². The van der Waals surface area contributed by atoms with Crippen LogP contribution in [0.1, 0.15) is 0 Å². The van der Waals surface area contributed by atoms with Gasteiger partial charge in [0.25, 0.3) is 0 Å². The highest BCUT2D eigenvalue weighted by Crippen LogP contribution is 2.37. The number of nitrogens with zero attached hydrogens (tertiary/aromatic N) is 1. The molecule has 0 saturated heterocycles. The predicted octanol–water partition coefficient (Wildman–Crippen LogP) is 2.81. The SMILES string of the molecule is C=CC(F)(F)C(F)C(F)(F)N(F)F. The summed E-state index contributed by atoms with van der Waals surface area (Å²) in [6.07, 6.45) is -4.80. The van der Waals surface area contributed by atoms with E-state index in [1.165, 1.54) is 0 Å². The summed E-state index contributed by atoms with van der Waals surface area (Å²) in [4.78, 5) is 0. The summed E-state index contributed by atoms with van der Waals surface area (Å²) in [5.74, 6) is -4.71. The van der Waals surface area contributed by atoms with Gasteiger partial charge >= 0.3 is 12.0 Å². The average Bonchev–Trinajstić information content (AvgIpc) is 2.02. The lowest BCUT2D eigenvalue weighted by atomic mass is 10.2. The Morgan fingerprint density at radius 1 is 1.15 bits per heavy atom. The lowest BCUT2D eigenvalue weighted by Gasteiger charge is -2.24. The van der Waals surface area contributed by atoms with Crippen LogP contribution in [0.5, 0.6) is 0 Å². The molecule has 0 amide bonds. The highest BCUT2D eigenvalue weighted by atomic mass is 19.4. The Morgan fingerprint density at radius 3 is 1.77 bits per heavy atom. The van der Waals surface area contributed by atoms with Crippen LogP contribution in [0.25, 0.3) is 0 Å². The fourth-order valence-corrected chi connectivity index (χ4v) is 0.421. The molecule has 0 aliphatic heterocycles. The minimum Gasteiger partial charge on any atom is -0.232 e. The summed E-state index contributed by atoms with van der Waals surface area (Å²) in [5.41, 5.74) is 0. The van der Waals surface area contributed by atoms with E-state index in [1.807, 2.05) is 0 Å². The molecule has 13 heavy (non-hydrogen) atoms. The second-order valence-electron chi connectivity index (χ2n) is 2.06. The van der Waals surface area contributed by atoms with E-state index in [0.29, 0.717) is 0 Å². The van der Waals surface area contributed by atoms with Crippen molar-refractivity contribution in [1.82, 2.24) is 5.34 Å². The number of hydrogen-bond donors (Lipinski definition) is 0. The van der Waals surface area contributed by atoms with Gasteiger partial charge in [-0.05, 0) is 6.08 Å².